The van der Waals surface area contributed by atoms with Crippen LogP contribution in [0.2, 0.25) is 0 Å². The zero-order chi connectivity index (χ0) is 9.97. The summed E-state index contributed by atoms with van der Waals surface area (Å²) in [5, 5.41) is 12.3. The number of hydrogen-bond donors (Lipinski definition) is 1. The number of hydrogen-bond acceptors (Lipinski definition) is 4. The SMILES string of the molecule is COc1c(/C=N/O)ccc2occc12. The van der Waals surface area contributed by atoms with Crippen LogP contribution in [0.15, 0.2) is 34.0 Å². The summed E-state index contributed by atoms with van der Waals surface area (Å²) in [7, 11) is 1.57. The molecule has 0 radical (unpaired) electrons. The van der Waals surface area contributed by atoms with Gasteiger partial charge in [-0.2, -0.15) is 0 Å². The molecule has 14 heavy (non-hydrogen) atoms. The van der Waals surface area contributed by atoms with Gasteiger partial charge in [0.05, 0.1) is 25.0 Å². The molecule has 4 nitrogen and oxygen atoms in total. The molecule has 1 N–H and O–H groups in total. The number of ether oxygens (including phenoxy) is 1. The van der Waals surface area contributed by atoms with Crippen molar-refractivity contribution in [2.75, 3.05) is 7.11 Å². The number of methoxy groups -OCH3 is 1. The monoisotopic (exact) mass is 191 g/mol. The van der Waals surface area contributed by atoms with E-state index in [2.05, 4.69) is 5.16 Å². The summed E-state index contributed by atoms with van der Waals surface area (Å²) in [6, 6.07) is 5.38. The summed E-state index contributed by atoms with van der Waals surface area (Å²) in [6.07, 6.45) is 2.92. The van der Waals surface area contributed by atoms with E-state index in [9.17, 15) is 0 Å². The molecular formula is C10H9NO3. The predicted molar refractivity (Wildman–Crippen MR) is 52.1 cm³/mol. The van der Waals surface area contributed by atoms with Crippen LogP contribution in [0.5, 0.6) is 5.75 Å². The lowest BCUT2D eigenvalue weighted by atomic mass is 10.1. The van der Waals surface area contributed by atoms with E-state index in [4.69, 9.17) is 14.4 Å². The van der Waals surface area contributed by atoms with E-state index in [1.54, 1.807) is 25.5 Å². The maximum Gasteiger partial charge on any atom is 0.138 e. The molecule has 0 atom stereocenters. The smallest absolute Gasteiger partial charge is 0.138 e. The molecule has 2 rings (SSSR count). The lowest BCUT2D eigenvalue weighted by Gasteiger charge is -2.04. The molecule has 72 valence electrons. The van der Waals surface area contributed by atoms with E-state index >= 15 is 0 Å². The number of benzene rings is 1. The van der Waals surface area contributed by atoms with Crippen LogP contribution in [0.25, 0.3) is 11.0 Å². The molecular weight excluding hydrogens is 182 g/mol. The first-order valence-electron chi connectivity index (χ1n) is 4.08. The van der Waals surface area contributed by atoms with E-state index in [-0.39, 0.29) is 0 Å². The van der Waals surface area contributed by atoms with Crippen LogP contribution in [0.3, 0.4) is 0 Å². The molecule has 1 aromatic heterocycles. The molecule has 0 saturated carbocycles. The highest BCUT2D eigenvalue weighted by molar-refractivity contribution is 5.95. The molecule has 0 aliphatic rings. The Kier molecular flexibility index (Phi) is 2.10. The Balaban J connectivity index is 2.72. The average molecular weight is 191 g/mol. The zero-order valence-corrected chi connectivity index (χ0v) is 7.60. The third-order valence-electron chi connectivity index (χ3n) is 2.02. The summed E-state index contributed by atoms with van der Waals surface area (Å²) in [4.78, 5) is 0. The Morgan fingerprint density at radius 2 is 2.29 bits per heavy atom. The summed E-state index contributed by atoms with van der Waals surface area (Å²) in [5.74, 6) is 0.647. The van der Waals surface area contributed by atoms with Gasteiger partial charge in [-0.25, -0.2) is 0 Å². The first-order chi connectivity index (χ1) is 6.86. The Morgan fingerprint density at radius 3 is 3.00 bits per heavy atom. The van der Waals surface area contributed by atoms with Crippen LogP contribution in [-0.4, -0.2) is 18.5 Å². The van der Waals surface area contributed by atoms with Crippen molar-refractivity contribution < 1.29 is 14.4 Å². The van der Waals surface area contributed by atoms with Crippen molar-refractivity contribution >= 4 is 17.2 Å². The standard InChI is InChI=1S/C10H9NO3/c1-13-10-7(6-11-12)2-3-9-8(10)4-5-14-9/h2-6,12H,1H3/b11-6+. The molecule has 0 bridgehead atoms. The molecule has 0 spiro atoms. The third kappa shape index (κ3) is 1.21. The second-order valence-corrected chi connectivity index (χ2v) is 2.77. The van der Waals surface area contributed by atoms with Crippen LogP contribution < -0.4 is 4.74 Å². The van der Waals surface area contributed by atoms with Crippen molar-refractivity contribution in [2.24, 2.45) is 5.16 Å². The van der Waals surface area contributed by atoms with Crippen molar-refractivity contribution in [1.29, 1.82) is 0 Å². The van der Waals surface area contributed by atoms with Gasteiger partial charge >= 0.3 is 0 Å². The van der Waals surface area contributed by atoms with Crippen molar-refractivity contribution in [3.8, 4) is 5.75 Å². The Bertz CT molecular complexity index is 473. The number of nitrogens with zero attached hydrogens (tertiary/aromatic N) is 1. The lowest BCUT2D eigenvalue weighted by molar-refractivity contribution is 0.321. The minimum Gasteiger partial charge on any atom is -0.495 e. The van der Waals surface area contributed by atoms with Gasteiger partial charge in [-0.3, -0.25) is 0 Å². The minimum absolute atomic E-state index is 0.647. The highest BCUT2D eigenvalue weighted by Gasteiger charge is 2.08. The maximum atomic E-state index is 8.45. The van der Waals surface area contributed by atoms with Crippen molar-refractivity contribution in [3.05, 3.63) is 30.0 Å². The molecule has 0 saturated heterocycles. The Hall–Kier alpha value is -1.97. The first kappa shape index (κ1) is 8.62. The number of oxime groups is 1. The predicted octanol–water partition coefficient (Wildman–Crippen LogP) is 2.25. The third-order valence-corrected chi connectivity index (χ3v) is 2.02. The number of furan rings is 1. The Morgan fingerprint density at radius 1 is 1.43 bits per heavy atom. The topological polar surface area (TPSA) is 55.0 Å². The van der Waals surface area contributed by atoms with Gasteiger partial charge in [0.2, 0.25) is 0 Å². The highest BCUT2D eigenvalue weighted by Crippen LogP contribution is 2.29. The highest BCUT2D eigenvalue weighted by atomic mass is 16.5. The second kappa shape index (κ2) is 3.41. The maximum absolute atomic E-state index is 8.45. The van der Waals surface area contributed by atoms with Gasteiger partial charge in [0.1, 0.15) is 11.3 Å². The van der Waals surface area contributed by atoms with Crippen LogP contribution in [0, 0.1) is 0 Å². The van der Waals surface area contributed by atoms with Gasteiger partial charge in [-0.05, 0) is 18.2 Å². The van der Waals surface area contributed by atoms with Crippen LogP contribution in [0.4, 0.5) is 0 Å². The number of rotatable bonds is 2. The van der Waals surface area contributed by atoms with Gasteiger partial charge < -0.3 is 14.4 Å². The molecule has 1 aromatic carbocycles. The van der Waals surface area contributed by atoms with E-state index in [1.165, 1.54) is 6.21 Å². The fourth-order valence-corrected chi connectivity index (χ4v) is 1.43. The quantitative estimate of drug-likeness (QED) is 0.450. The molecule has 2 aromatic rings. The molecule has 0 unspecified atom stereocenters. The van der Waals surface area contributed by atoms with Crippen molar-refractivity contribution in [1.82, 2.24) is 0 Å². The normalized spacial score (nSPS) is 11.2. The fraction of sp³-hybridized carbons (Fsp3) is 0.100. The van der Waals surface area contributed by atoms with Crippen LogP contribution >= 0.6 is 0 Å². The van der Waals surface area contributed by atoms with E-state index in [1.807, 2.05) is 6.07 Å². The van der Waals surface area contributed by atoms with Gasteiger partial charge in [-0.15, -0.1) is 0 Å². The molecule has 0 fully saturated rings. The van der Waals surface area contributed by atoms with Crippen LogP contribution in [-0.2, 0) is 0 Å². The minimum atomic E-state index is 0.647. The molecule has 0 aliphatic heterocycles. The van der Waals surface area contributed by atoms with E-state index in [0.29, 0.717) is 11.3 Å². The Labute approximate surface area is 80.4 Å². The molecule has 0 amide bonds. The fourth-order valence-electron chi connectivity index (χ4n) is 1.43. The zero-order valence-electron chi connectivity index (χ0n) is 7.60. The summed E-state index contributed by atoms with van der Waals surface area (Å²) < 4.78 is 10.4. The second-order valence-electron chi connectivity index (χ2n) is 2.77. The van der Waals surface area contributed by atoms with Crippen molar-refractivity contribution in [3.63, 3.8) is 0 Å². The molecule has 1 heterocycles. The van der Waals surface area contributed by atoms with Crippen LogP contribution in [0.1, 0.15) is 5.56 Å². The van der Waals surface area contributed by atoms with Gasteiger partial charge in [0.15, 0.2) is 0 Å². The van der Waals surface area contributed by atoms with E-state index < -0.39 is 0 Å². The molecule has 4 heteroatoms. The van der Waals surface area contributed by atoms with Gasteiger partial charge in [0, 0.05) is 5.56 Å². The average Bonchev–Trinajstić information content (AvgIpc) is 2.66. The van der Waals surface area contributed by atoms with Gasteiger partial charge in [-0.1, -0.05) is 5.16 Å². The molecule has 0 aliphatic carbocycles. The summed E-state index contributed by atoms with van der Waals surface area (Å²) in [5.41, 5.74) is 1.46. The number of fused-ring (bicyclic) bond motifs is 1. The van der Waals surface area contributed by atoms with Crippen molar-refractivity contribution in [2.45, 2.75) is 0 Å². The van der Waals surface area contributed by atoms with Gasteiger partial charge in [0.25, 0.3) is 0 Å². The summed E-state index contributed by atoms with van der Waals surface area (Å²) in [6.45, 7) is 0. The van der Waals surface area contributed by atoms with E-state index in [0.717, 1.165) is 11.0 Å². The largest absolute Gasteiger partial charge is 0.495 e. The lowest BCUT2D eigenvalue weighted by Crippen LogP contribution is -1.90. The summed E-state index contributed by atoms with van der Waals surface area (Å²) >= 11 is 0. The first-order valence-corrected chi connectivity index (χ1v) is 4.08.